The van der Waals surface area contributed by atoms with E-state index in [2.05, 4.69) is 22.6 Å². The van der Waals surface area contributed by atoms with Crippen LogP contribution in [0.4, 0.5) is 0 Å². The van der Waals surface area contributed by atoms with Crippen LogP contribution in [0, 0.1) is 0 Å². The molecule has 0 saturated heterocycles. The number of alkyl halides is 2. The Kier molecular flexibility index (Phi) is 14.1. The first-order valence-electron chi connectivity index (χ1n) is 13.7. The van der Waals surface area contributed by atoms with Gasteiger partial charge in [-0.25, -0.2) is 0 Å². The second kappa shape index (κ2) is 18.3. The van der Waals surface area contributed by atoms with E-state index in [4.69, 9.17) is 35.3 Å². The number of hydrogen-bond acceptors (Lipinski definition) is 5. The van der Waals surface area contributed by atoms with Crippen LogP contribution in [0.15, 0.2) is 121 Å². The van der Waals surface area contributed by atoms with Gasteiger partial charge in [-0.1, -0.05) is 133 Å². The molecule has 0 fully saturated rings. The van der Waals surface area contributed by atoms with E-state index in [0.29, 0.717) is 33.0 Å². The van der Waals surface area contributed by atoms with E-state index in [0.717, 1.165) is 22.3 Å². The molecule has 0 amide bonds. The van der Waals surface area contributed by atoms with Gasteiger partial charge in [0.2, 0.25) is 0 Å². The Morgan fingerprint density at radius 1 is 0.488 bits per heavy atom. The highest BCUT2D eigenvalue weighted by molar-refractivity contribution is 14.1. The minimum absolute atomic E-state index is 0.272. The number of ether oxygens (including phenoxy) is 5. The van der Waals surface area contributed by atoms with Crippen molar-refractivity contribution in [2.45, 2.75) is 48.3 Å². The molecule has 41 heavy (non-hydrogen) atoms. The van der Waals surface area contributed by atoms with Crippen LogP contribution in [0.1, 0.15) is 22.3 Å². The fourth-order valence-electron chi connectivity index (χ4n) is 4.06. The Labute approximate surface area is 261 Å². The van der Waals surface area contributed by atoms with Crippen LogP contribution in [0.5, 0.6) is 0 Å². The van der Waals surface area contributed by atoms with Crippen LogP contribution < -0.4 is 0 Å². The Morgan fingerprint density at radius 3 is 1.29 bits per heavy atom. The van der Waals surface area contributed by atoms with Gasteiger partial charge in [-0.05, 0) is 44.8 Å². The van der Waals surface area contributed by atoms with Crippen molar-refractivity contribution in [1.82, 2.24) is 0 Å². The summed E-state index contributed by atoms with van der Waals surface area (Å²) in [7, 11) is 0. The third-order valence-corrected chi connectivity index (χ3v) is 8.04. The van der Waals surface area contributed by atoms with Gasteiger partial charge in [-0.2, -0.15) is 0 Å². The highest BCUT2D eigenvalue weighted by Gasteiger charge is 2.30. The summed E-state index contributed by atoms with van der Waals surface area (Å²) in [5.41, 5.74) is 3.56. The third-order valence-electron chi connectivity index (χ3n) is 6.27. The van der Waals surface area contributed by atoms with Crippen molar-refractivity contribution in [1.29, 1.82) is 0 Å². The molecule has 7 heteroatoms. The zero-order valence-corrected chi connectivity index (χ0v) is 25.8. The molecule has 5 nitrogen and oxygen atoms in total. The molecule has 4 atom stereocenters. The summed E-state index contributed by atoms with van der Waals surface area (Å²) < 4.78 is 30.7. The van der Waals surface area contributed by atoms with Crippen molar-refractivity contribution in [2.24, 2.45) is 0 Å². The first-order chi connectivity index (χ1) is 20.2. The maximum absolute atomic E-state index is 6.77. The Bertz CT molecular complexity index is 1220. The van der Waals surface area contributed by atoms with Gasteiger partial charge < -0.3 is 23.7 Å². The normalized spacial score (nSPS) is 14.3. The van der Waals surface area contributed by atoms with Gasteiger partial charge in [0.15, 0.2) is 5.56 Å². The van der Waals surface area contributed by atoms with E-state index in [-0.39, 0.29) is 6.61 Å². The summed E-state index contributed by atoms with van der Waals surface area (Å²) in [6.45, 7) is 2.33. The summed E-state index contributed by atoms with van der Waals surface area (Å²) in [6.07, 6.45) is -0.938. The molecular formula is C34H36ClIO5. The molecule has 0 radical (unpaired) electrons. The Hall–Kier alpha value is -2.30. The zero-order valence-electron chi connectivity index (χ0n) is 22.9. The third kappa shape index (κ3) is 11.8. The number of hydrogen-bond donors (Lipinski definition) is 0. The van der Waals surface area contributed by atoms with Crippen LogP contribution in [0.3, 0.4) is 0 Å². The van der Waals surface area contributed by atoms with Gasteiger partial charge in [0.05, 0.1) is 39.6 Å². The molecule has 0 aromatic heterocycles. The number of halogens is 2. The average molecular weight is 687 g/mol. The molecule has 0 aliphatic heterocycles. The summed E-state index contributed by atoms with van der Waals surface area (Å²) in [5, 5.41) is 0. The van der Waals surface area contributed by atoms with E-state index in [1.807, 2.05) is 121 Å². The fraction of sp³-hybridized carbons (Fsp3) is 0.294. The maximum Gasteiger partial charge on any atom is 0.166 e. The predicted molar refractivity (Wildman–Crippen MR) is 171 cm³/mol. The maximum atomic E-state index is 6.77. The zero-order chi connectivity index (χ0) is 28.5. The van der Waals surface area contributed by atoms with Crippen LogP contribution in [0.25, 0.3) is 0 Å². The van der Waals surface area contributed by atoms with E-state index >= 15 is 0 Å². The van der Waals surface area contributed by atoms with E-state index in [1.165, 1.54) is 0 Å². The van der Waals surface area contributed by atoms with E-state index < -0.39 is 21.9 Å². The minimum atomic E-state index is -0.735. The molecule has 0 unspecified atom stereocenters. The van der Waals surface area contributed by atoms with E-state index in [9.17, 15) is 0 Å². The number of rotatable bonds is 18. The van der Waals surface area contributed by atoms with Crippen LogP contribution in [-0.4, -0.2) is 35.1 Å². The van der Waals surface area contributed by atoms with Crippen LogP contribution in [0.2, 0.25) is 0 Å². The molecule has 0 N–H and O–H groups in total. The first kappa shape index (κ1) is 31.6. The molecule has 0 aliphatic carbocycles. The van der Waals surface area contributed by atoms with Crippen molar-refractivity contribution < 1.29 is 23.7 Å². The van der Waals surface area contributed by atoms with Gasteiger partial charge in [-0.15, -0.1) is 0 Å². The highest BCUT2D eigenvalue weighted by Crippen LogP contribution is 2.22. The van der Waals surface area contributed by atoms with Crippen LogP contribution >= 0.6 is 34.2 Å². The van der Waals surface area contributed by atoms with Gasteiger partial charge in [-0.3, -0.25) is 0 Å². The molecule has 0 spiro atoms. The van der Waals surface area contributed by atoms with Gasteiger partial charge in [0, 0.05) is 0 Å². The van der Waals surface area contributed by atoms with Crippen molar-refractivity contribution in [3.63, 3.8) is 0 Å². The predicted octanol–water partition coefficient (Wildman–Crippen LogP) is 7.93. The summed E-state index contributed by atoms with van der Waals surface area (Å²) in [6, 6.07) is 40.1. The molecule has 0 aliphatic rings. The molecule has 216 valence electrons. The lowest BCUT2D eigenvalue weighted by molar-refractivity contribution is -0.150. The minimum Gasteiger partial charge on any atom is -0.374 e. The second-order valence-corrected chi connectivity index (χ2v) is 11.2. The summed E-state index contributed by atoms with van der Waals surface area (Å²) >= 11 is 8.95. The summed E-state index contributed by atoms with van der Waals surface area (Å²) in [5.74, 6) is 0. The SMILES string of the molecule is Cl[C@@H](O[C@H](COCc1ccccc1)[C@H](COCc1ccccc1)OCc1ccccc1)[C@@H](I)OCc1ccccc1. The molecule has 0 heterocycles. The molecular weight excluding hydrogens is 651 g/mol. The topological polar surface area (TPSA) is 46.2 Å². The lowest BCUT2D eigenvalue weighted by Crippen LogP contribution is -2.42. The Balaban J connectivity index is 1.43. The molecule has 4 aromatic carbocycles. The van der Waals surface area contributed by atoms with Crippen molar-refractivity contribution in [3.05, 3.63) is 144 Å². The summed E-state index contributed by atoms with van der Waals surface area (Å²) in [4.78, 5) is 0. The highest BCUT2D eigenvalue weighted by atomic mass is 127. The lowest BCUT2D eigenvalue weighted by Gasteiger charge is -2.30. The van der Waals surface area contributed by atoms with Crippen molar-refractivity contribution in [3.8, 4) is 0 Å². The first-order valence-corrected chi connectivity index (χ1v) is 15.3. The van der Waals surface area contributed by atoms with Gasteiger partial charge in [0.1, 0.15) is 16.3 Å². The fourth-order valence-corrected chi connectivity index (χ4v) is 4.62. The largest absolute Gasteiger partial charge is 0.374 e. The average Bonchev–Trinajstić information content (AvgIpc) is 3.03. The standard InChI is InChI=1S/C34H36ClIO5/c35-33(34(36)40-24-30-19-11-4-12-20-30)41-32(26-38-22-28-15-7-2-8-16-28)31(39-23-29-17-9-3-10-18-29)25-37-21-27-13-5-1-6-14-27/h1-20,31-34H,21-26H2/t31-,32+,33-,34-/m0/s1. The van der Waals surface area contributed by atoms with Gasteiger partial charge >= 0.3 is 0 Å². The molecule has 0 bridgehead atoms. The van der Waals surface area contributed by atoms with Gasteiger partial charge in [0.25, 0.3) is 0 Å². The van der Waals surface area contributed by atoms with Crippen LogP contribution in [-0.2, 0) is 50.1 Å². The smallest absolute Gasteiger partial charge is 0.166 e. The number of benzene rings is 4. The van der Waals surface area contributed by atoms with E-state index in [1.54, 1.807) is 0 Å². The Morgan fingerprint density at radius 2 is 0.854 bits per heavy atom. The van der Waals surface area contributed by atoms with Crippen molar-refractivity contribution >= 4 is 34.2 Å². The monoisotopic (exact) mass is 686 g/mol. The lowest BCUT2D eigenvalue weighted by atomic mass is 10.2. The molecule has 4 rings (SSSR count). The molecule has 0 saturated carbocycles. The molecule has 4 aromatic rings. The van der Waals surface area contributed by atoms with Crippen molar-refractivity contribution in [2.75, 3.05) is 13.2 Å². The second-order valence-electron chi connectivity index (χ2n) is 9.51. The quantitative estimate of drug-likeness (QED) is 0.0786.